The Morgan fingerprint density at radius 1 is 1.57 bits per heavy atom. The van der Waals surface area contributed by atoms with Gasteiger partial charge in [0.05, 0.1) is 11.5 Å². The molecule has 2 heterocycles. The number of pyridine rings is 1. The van der Waals surface area contributed by atoms with Crippen LogP contribution in [0.25, 0.3) is 0 Å². The Morgan fingerprint density at radius 3 is 2.90 bits per heavy atom. The summed E-state index contributed by atoms with van der Waals surface area (Å²) in [4.78, 5) is 27.3. The van der Waals surface area contributed by atoms with Crippen molar-refractivity contribution < 1.29 is 9.72 Å². The predicted octanol–water partition coefficient (Wildman–Crippen LogP) is 2.79. The summed E-state index contributed by atoms with van der Waals surface area (Å²) in [5, 5.41) is 18.3. The molecule has 0 aliphatic rings. The molecule has 0 bridgehead atoms. The maximum atomic E-state index is 12.2. The third-order valence-electron chi connectivity index (χ3n) is 2.68. The highest BCUT2D eigenvalue weighted by Crippen LogP contribution is 2.23. The molecule has 0 radical (unpaired) electrons. The number of halogens is 1. The largest absolute Gasteiger partial charge is 0.373 e. The zero-order chi connectivity index (χ0) is 15.4. The van der Waals surface area contributed by atoms with E-state index < -0.39 is 10.8 Å². The highest BCUT2D eigenvalue weighted by atomic mass is 79.9. The molecule has 0 aliphatic heterocycles. The Kier molecular flexibility index (Phi) is 4.86. The molecule has 2 aromatic rings. The Balaban J connectivity index is 2.21. The number of carbonyl (C=O) groups excluding carboxylic acids is 1. The van der Waals surface area contributed by atoms with Gasteiger partial charge in [0, 0.05) is 22.5 Å². The smallest absolute Gasteiger partial charge is 0.300 e. The van der Waals surface area contributed by atoms with E-state index in [2.05, 4.69) is 31.5 Å². The molecule has 0 saturated carbocycles. The number of thiophene rings is 1. The first-order valence-corrected chi connectivity index (χ1v) is 7.52. The van der Waals surface area contributed by atoms with Gasteiger partial charge in [-0.05, 0) is 27.4 Å². The van der Waals surface area contributed by atoms with Crippen LogP contribution in [-0.4, -0.2) is 22.9 Å². The van der Waals surface area contributed by atoms with Crippen LogP contribution in [0.15, 0.2) is 28.2 Å². The lowest BCUT2D eigenvalue weighted by Gasteiger charge is -2.07. The third kappa shape index (κ3) is 3.56. The number of nitro groups is 1. The van der Waals surface area contributed by atoms with Crippen molar-refractivity contribution in [1.82, 2.24) is 10.3 Å². The Bertz CT molecular complexity index is 689. The summed E-state index contributed by atoms with van der Waals surface area (Å²) in [7, 11) is 1.62. The van der Waals surface area contributed by atoms with Gasteiger partial charge in [0.15, 0.2) is 0 Å². The fraction of sp³-hybridized carbons (Fsp3) is 0.167. The molecule has 21 heavy (non-hydrogen) atoms. The van der Waals surface area contributed by atoms with E-state index in [-0.39, 0.29) is 11.3 Å². The number of rotatable bonds is 5. The molecular weight excluding hydrogens is 360 g/mol. The summed E-state index contributed by atoms with van der Waals surface area (Å²) in [6.07, 6.45) is 1.07. The molecule has 0 fully saturated rings. The van der Waals surface area contributed by atoms with E-state index in [9.17, 15) is 14.9 Å². The van der Waals surface area contributed by atoms with Gasteiger partial charge in [0.25, 0.3) is 11.6 Å². The van der Waals surface area contributed by atoms with Crippen LogP contribution < -0.4 is 10.6 Å². The number of nitrogens with one attached hydrogen (secondary N) is 2. The van der Waals surface area contributed by atoms with Crippen molar-refractivity contribution in [3.8, 4) is 0 Å². The molecular formula is C12H11BrN4O3S. The Hall–Kier alpha value is -2.00. The van der Waals surface area contributed by atoms with Crippen LogP contribution in [0.1, 0.15) is 15.2 Å². The van der Waals surface area contributed by atoms with E-state index in [0.29, 0.717) is 12.4 Å². The highest BCUT2D eigenvalue weighted by molar-refractivity contribution is 9.10. The number of carbonyl (C=O) groups is 1. The van der Waals surface area contributed by atoms with Crippen molar-refractivity contribution in [2.24, 2.45) is 0 Å². The van der Waals surface area contributed by atoms with Gasteiger partial charge in [-0.25, -0.2) is 4.98 Å². The standard InChI is InChI=1S/C12H11BrN4O3S/c1-14-11-4-7(9(5-15-11)17(19)20)12(18)16-6-10-8(13)2-3-21-10/h2-5H,6H2,1H3,(H,14,15)(H,16,18). The number of amides is 1. The summed E-state index contributed by atoms with van der Waals surface area (Å²) in [6, 6.07) is 3.23. The summed E-state index contributed by atoms with van der Waals surface area (Å²) in [5.74, 6) is -0.121. The Morgan fingerprint density at radius 2 is 2.33 bits per heavy atom. The van der Waals surface area contributed by atoms with E-state index in [1.807, 2.05) is 11.4 Å². The van der Waals surface area contributed by atoms with E-state index >= 15 is 0 Å². The van der Waals surface area contributed by atoms with E-state index in [1.165, 1.54) is 17.4 Å². The molecule has 0 aliphatic carbocycles. The molecule has 7 nitrogen and oxygen atoms in total. The van der Waals surface area contributed by atoms with Gasteiger partial charge < -0.3 is 10.6 Å². The van der Waals surface area contributed by atoms with Crippen LogP contribution in [0.5, 0.6) is 0 Å². The summed E-state index contributed by atoms with van der Waals surface area (Å²) < 4.78 is 0.896. The lowest BCUT2D eigenvalue weighted by atomic mass is 10.2. The van der Waals surface area contributed by atoms with E-state index in [1.54, 1.807) is 7.05 Å². The van der Waals surface area contributed by atoms with Gasteiger partial charge >= 0.3 is 0 Å². The lowest BCUT2D eigenvalue weighted by Crippen LogP contribution is -2.23. The second-order valence-corrected chi connectivity index (χ2v) is 5.82. The van der Waals surface area contributed by atoms with Gasteiger partial charge in [-0.3, -0.25) is 14.9 Å². The number of hydrogen-bond donors (Lipinski definition) is 2. The number of hydrogen-bond acceptors (Lipinski definition) is 6. The monoisotopic (exact) mass is 370 g/mol. The van der Waals surface area contributed by atoms with Crippen molar-refractivity contribution in [2.45, 2.75) is 6.54 Å². The van der Waals surface area contributed by atoms with Gasteiger partial charge in [0.2, 0.25) is 0 Å². The molecule has 0 spiro atoms. The molecule has 2 N–H and O–H groups in total. The van der Waals surface area contributed by atoms with Crippen LogP contribution in [0.3, 0.4) is 0 Å². The van der Waals surface area contributed by atoms with Crippen LogP contribution in [0, 0.1) is 10.1 Å². The third-order valence-corrected chi connectivity index (χ3v) is 4.61. The number of nitrogens with zero attached hydrogens (tertiary/aromatic N) is 2. The molecule has 1 amide bonds. The fourth-order valence-electron chi connectivity index (χ4n) is 1.62. The quantitative estimate of drug-likeness (QED) is 0.622. The highest BCUT2D eigenvalue weighted by Gasteiger charge is 2.21. The summed E-state index contributed by atoms with van der Waals surface area (Å²) in [6.45, 7) is 0.297. The molecule has 0 atom stereocenters. The topological polar surface area (TPSA) is 97.2 Å². The van der Waals surface area contributed by atoms with Crippen LogP contribution >= 0.6 is 27.3 Å². The lowest BCUT2D eigenvalue weighted by molar-refractivity contribution is -0.385. The second kappa shape index (κ2) is 6.64. The maximum absolute atomic E-state index is 12.2. The summed E-state index contributed by atoms with van der Waals surface area (Å²) in [5.41, 5.74) is -0.344. The van der Waals surface area contributed by atoms with Crippen molar-refractivity contribution in [1.29, 1.82) is 0 Å². The molecule has 0 aromatic carbocycles. The normalized spacial score (nSPS) is 10.2. The minimum absolute atomic E-state index is 0.0213. The van der Waals surface area contributed by atoms with Gasteiger partial charge in [-0.1, -0.05) is 0 Å². The molecule has 2 rings (SSSR count). The van der Waals surface area contributed by atoms with Crippen molar-refractivity contribution in [2.75, 3.05) is 12.4 Å². The molecule has 2 aromatic heterocycles. The molecule has 0 saturated heterocycles. The first-order chi connectivity index (χ1) is 10.0. The minimum Gasteiger partial charge on any atom is -0.373 e. The van der Waals surface area contributed by atoms with Crippen molar-refractivity contribution >= 4 is 44.7 Å². The minimum atomic E-state index is -0.623. The summed E-state index contributed by atoms with van der Waals surface area (Å²) >= 11 is 4.85. The van der Waals surface area contributed by atoms with Gasteiger partial charge in [-0.2, -0.15) is 0 Å². The fourth-order valence-corrected chi connectivity index (χ4v) is 3.05. The average Bonchev–Trinajstić information content (AvgIpc) is 2.89. The van der Waals surface area contributed by atoms with Crippen molar-refractivity contribution in [3.63, 3.8) is 0 Å². The van der Waals surface area contributed by atoms with Crippen LogP contribution in [0.2, 0.25) is 0 Å². The first kappa shape index (κ1) is 15.4. The molecule has 110 valence electrons. The predicted molar refractivity (Wildman–Crippen MR) is 83.6 cm³/mol. The zero-order valence-corrected chi connectivity index (χ0v) is 13.3. The first-order valence-electron chi connectivity index (χ1n) is 5.85. The molecule has 9 heteroatoms. The van der Waals surface area contributed by atoms with Crippen LogP contribution in [-0.2, 0) is 6.54 Å². The Labute approximate surface area is 132 Å². The van der Waals surface area contributed by atoms with Crippen molar-refractivity contribution in [3.05, 3.63) is 48.7 Å². The number of aromatic nitrogens is 1. The second-order valence-electron chi connectivity index (χ2n) is 3.97. The molecule has 0 unspecified atom stereocenters. The van der Waals surface area contributed by atoms with Crippen LogP contribution in [0.4, 0.5) is 11.5 Å². The SMILES string of the molecule is CNc1cc(C(=O)NCc2sccc2Br)c([N+](=O)[O-])cn1. The number of anilines is 1. The van der Waals surface area contributed by atoms with E-state index in [0.717, 1.165) is 15.5 Å². The average molecular weight is 371 g/mol. The zero-order valence-electron chi connectivity index (χ0n) is 10.9. The maximum Gasteiger partial charge on any atom is 0.300 e. The van der Waals surface area contributed by atoms with Gasteiger partial charge in [0.1, 0.15) is 17.6 Å². The van der Waals surface area contributed by atoms with E-state index in [4.69, 9.17) is 0 Å². The van der Waals surface area contributed by atoms with Gasteiger partial charge in [-0.15, -0.1) is 11.3 Å².